The highest BCUT2D eigenvalue weighted by molar-refractivity contribution is 5.89. The maximum atomic E-state index is 4.32. The number of hydrogen-bond donors (Lipinski definition) is 0. The van der Waals surface area contributed by atoms with E-state index in [1.165, 1.54) is 5.71 Å². The topological polar surface area (TPSA) is 12.4 Å². The van der Waals surface area contributed by atoms with Crippen molar-refractivity contribution in [3.8, 4) is 0 Å². The van der Waals surface area contributed by atoms with Gasteiger partial charge in [0.25, 0.3) is 0 Å². The zero-order valence-corrected chi connectivity index (χ0v) is 8.73. The number of hydrogen-bond acceptors (Lipinski definition) is 1. The van der Waals surface area contributed by atoms with Crippen LogP contribution in [-0.2, 0) is 0 Å². The third kappa shape index (κ3) is 4.18. The van der Waals surface area contributed by atoms with E-state index in [-0.39, 0.29) is 5.41 Å². The highest BCUT2D eigenvalue weighted by Gasteiger charge is 2.18. The zero-order chi connectivity index (χ0) is 9.07. The summed E-state index contributed by atoms with van der Waals surface area (Å²) in [5, 5.41) is 0. The minimum atomic E-state index is 0.249. The van der Waals surface area contributed by atoms with Crippen LogP contribution in [0.3, 0.4) is 0 Å². The first-order valence-corrected chi connectivity index (χ1v) is 4.34. The molecule has 0 aliphatic carbocycles. The molecule has 0 unspecified atom stereocenters. The molecule has 0 aromatic rings. The van der Waals surface area contributed by atoms with Crippen molar-refractivity contribution in [2.75, 3.05) is 7.05 Å². The first-order chi connectivity index (χ1) is 4.88. The van der Waals surface area contributed by atoms with Gasteiger partial charge in [-0.05, 0) is 17.8 Å². The van der Waals surface area contributed by atoms with Gasteiger partial charge in [0.1, 0.15) is 0 Å². The van der Waals surface area contributed by atoms with E-state index < -0.39 is 0 Å². The van der Waals surface area contributed by atoms with Crippen molar-refractivity contribution in [3.63, 3.8) is 0 Å². The van der Waals surface area contributed by atoms with Gasteiger partial charge in [-0.15, -0.1) is 0 Å². The van der Waals surface area contributed by atoms with Gasteiger partial charge in [-0.3, -0.25) is 4.99 Å². The van der Waals surface area contributed by atoms with E-state index in [0.29, 0.717) is 5.92 Å². The van der Waals surface area contributed by atoms with Crippen LogP contribution in [0.15, 0.2) is 4.99 Å². The van der Waals surface area contributed by atoms with Crippen LogP contribution in [0, 0.1) is 11.3 Å². The van der Waals surface area contributed by atoms with Gasteiger partial charge < -0.3 is 0 Å². The highest BCUT2D eigenvalue weighted by atomic mass is 14.7. The van der Waals surface area contributed by atoms with E-state index in [2.05, 4.69) is 39.6 Å². The fraction of sp³-hybridized carbons (Fsp3) is 0.900. The maximum absolute atomic E-state index is 4.32. The van der Waals surface area contributed by atoms with Crippen molar-refractivity contribution in [2.24, 2.45) is 16.3 Å². The molecule has 0 N–H and O–H groups in total. The molecule has 0 heterocycles. The molecule has 0 amide bonds. The van der Waals surface area contributed by atoms with Crippen molar-refractivity contribution in [1.29, 1.82) is 0 Å². The quantitative estimate of drug-likeness (QED) is 0.543. The van der Waals surface area contributed by atoms with Gasteiger partial charge in [0, 0.05) is 12.8 Å². The zero-order valence-electron chi connectivity index (χ0n) is 8.73. The maximum Gasteiger partial charge on any atom is 0.0276 e. The van der Waals surface area contributed by atoms with Gasteiger partial charge in [-0.1, -0.05) is 34.6 Å². The lowest BCUT2D eigenvalue weighted by atomic mass is 9.85. The fourth-order valence-electron chi connectivity index (χ4n) is 1.12. The van der Waals surface area contributed by atoms with Crippen LogP contribution in [0.5, 0.6) is 0 Å². The van der Waals surface area contributed by atoms with Gasteiger partial charge in [-0.2, -0.15) is 0 Å². The van der Waals surface area contributed by atoms with Crippen LogP contribution in [0.2, 0.25) is 0 Å². The summed E-state index contributed by atoms with van der Waals surface area (Å²) in [6, 6.07) is 0. The molecule has 0 aromatic heterocycles. The van der Waals surface area contributed by atoms with Crippen LogP contribution < -0.4 is 0 Å². The first kappa shape index (κ1) is 10.7. The monoisotopic (exact) mass is 155 g/mol. The number of nitrogens with zero attached hydrogens (tertiary/aromatic N) is 1. The lowest BCUT2D eigenvalue weighted by Crippen LogP contribution is -2.21. The summed E-state index contributed by atoms with van der Waals surface area (Å²) in [5.74, 6) is 0.716. The first-order valence-electron chi connectivity index (χ1n) is 4.34. The largest absolute Gasteiger partial charge is 0.297 e. The molecule has 66 valence electrons. The Bertz CT molecular complexity index is 137. The smallest absolute Gasteiger partial charge is 0.0276 e. The molecular formula is C10H21N. The highest BCUT2D eigenvalue weighted by Crippen LogP contribution is 2.20. The molecule has 0 rings (SSSR count). The predicted molar refractivity (Wildman–Crippen MR) is 52.3 cm³/mol. The number of rotatable bonds is 2. The summed E-state index contributed by atoms with van der Waals surface area (Å²) >= 11 is 0. The van der Waals surface area contributed by atoms with E-state index in [1.807, 2.05) is 7.05 Å². The molecule has 0 fully saturated rings. The average Bonchev–Trinajstić information content (AvgIpc) is 1.79. The Morgan fingerprint density at radius 3 is 1.82 bits per heavy atom. The van der Waals surface area contributed by atoms with E-state index in [1.54, 1.807) is 0 Å². The van der Waals surface area contributed by atoms with Crippen molar-refractivity contribution in [3.05, 3.63) is 0 Å². The van der Waals surface area contributed by atoms with E-state index in [4.69, 9.17) is 0 Å². The molecule has 1 nitrogen and oxygen atoms in total. The molecule has 0 aliphatic rings. The molecule has 0 aliphatic heterocycles. The van der Waals surface area contributed by atoms with Gasteiger partial charge in [-0.25, -0.2) is 0 Å². The predicted octanol–water partition coefficient (Wildman–Crippen LogP) is 3.15. The third-order valence-electron chi connectivity index (χ3n) is 1.74. The van der Waals surface area contributed by atoms with Gasteiger partial charge in [0.2, 0.25) is 0 Å². The van der Waals surface area contributed by atoms with Crippen molar-refractivity contribution in [1.82, 2.24) is 0 Å². The summed E-state index contributed by atoms with van der Waals surface area (Å²) < 4.78 is 0. The van der Waals surface area contributed by atoms with E-state index >= 15 is 0 Å². The molecular weight excluding hydrogens is 134 g/mol. The van der Waals surface area contributed by atoms with Crippen molar-refractivity contribution >= 4 is 5.71 Å². The Hall–Kier alpha value is -0.330. The molecule has 0 aromatic carbocycles. The number of aliphatic imine (C=N–C) groups is 1. The van der Waals surface area contributed by atoms with Gasteiger partial charge in [0.05, 0.1) is 0 Å². The summed E-state index contributed by atoms with van der Waals surface area (Å²) in [4.78, 5) is 4.32. The third-order valence-corrected chi connectivity index (χ3v) is 1.74. The second kappa shape index (κ2) is 3.89. The minimum Gasteiger partial charge on any atom is -0.297 e. The summed E-state index contributed by atoms with van der Waals surface area (Å²) in [7, 11) is 1.89. The van der Waals surface area contributed by atoms with Crippen molar-refractivity contribution < 1.29 is 0 Å². The summed E-state index contributed by atoms with van der Waals surface area (Å²) in [6.07, 6.45) is 1.12. The molecule has 0 spiro atoms. The van der Waals surface area contributed by atoms with Crippen molar-refractivity contribution in [2.45, 2.75) is 41.0 Å². The lowest BCUT2D eigenvalue weighted by molar-refractivity contribution is 0.549. The lowest BCUT2D eigenvalue weighted by Gasteiger charge is -2.22. The molecule has 0 bridgehead atoms. The second-order valence-corrected chi connectivity index (χ2v) is 4.52. The summed E-state index contributed by atoms with van der Waals surface area (Å²) in [6.45, 7) is 11.1. The van der Waals surface area contributed by atoms with Gasteiger partial charge in [0.15, 0.2) is 0 Å². The Labute approximate surface area is 70.9 Å². The Kier molecular flexibility index (Phi) is 3.77. The molecule has 0 saturated carbocycles. The SMILES string of the molecule is CN=C(CC(C)C)C(C)(C)C. The standard InChI is InChI=1S/C10H21N/c1-8(2)7-9(11-6)10(3,4)5/h8H,7H2,1-6H3. The molecule has 0 atom stereocenters. The fourth-order valence-corrected chi connectivity index (χ4v) is 1.12. The summed E-state index contributed by atoms with van der Waals surface area (Å²) in [5.41, 5.74) is 1.58. The minimum absolute atomic E-state index is 0.249. The Morgan fingerprint density at radius 2 is 1.73 bits per heavy atom. The van der Waals surface area contributed by atoms with Crippen LogP contribution in [0.4, 0.5) is 0 Å². The average molecular weight is 155 g/mol. The Balaban J connectivity index is 4.21. The van der Waals surface area contributed by atoms with Crippen LogP contribution in [-0.4, -0.2) is 12.8 Å². The normalized spacial score (nSPS) is 14.3. The Morgan fingerprint density at radius 1 is 1.27 bits per heavy atom. The molecule has 11 heavy (non-hydrogen) atoms. The van der Waals surface area contributed by atoms with Crippen LogP contribution >= 0.6 is 0 Å². The van der Waals surface area contributed by atoms with Crippen LogP contribution in [0.1, 0.15) is 41.0 Å². The van der Waals surface area contributed by atoms with Gasteiger partial charge >= 0.3 is 0 Å². The van der Waals surface area contributed by atoms with E-state index in [9.17, 15) is 0 Å². The van der Waals surface area contributed by atoms with E-state index in [0.717, 1.165) is 6.42 Å². The molecule has 0 radical (unpaired) electrons. The molecule has 0 saturated heterocycles. The second-order valence-electron chi connectivity index (χ2n) is 4.52. The van der Waals surface area contributed by atoms with Crippen LogP contribution in [0.25, 0.3) is 0 Å². The molecule has 1 heteroatoms.